The summed E-state index contributed by atoms with van der Waals surface area (Å²) < 4.78 is 5.73. The molecule has 1 heterocycles. The van der Waals surface area contributed by atoms with E-state index in [9.17, 15) is 4.79 Å². The zero-order valence-electron chi connectivity index (χ0n) is 11.0. The highest BCUT2D eigenvalue weighted by molar-refractivity contribution is 5.97. The zero-order valence-corrected chi connectivity index (χ0v) is 11.0. The Balaban J connectivity index is 2.14. The molecule has 0 fully saturated rings. The van der Waals surface area contributed by atoms with Gasteiger partial charge in [-0.15, -0.1) is 0 Å². The van der Waals surface area contributed by atoms with Gasteiger partial charge in [0.05, 0.1) is 0 Å². The van der Waals surface area contributed by atoms with E-state index in [1.807, 2.05) is 60.7 Å². The van der Waals surface area contributed by atoms with Gasteiger partial charge in [-0.2, -0.15) is 0 Å². The highest BCUT2D eigenvalue weighted by Gasteiger charge is 2.21. The fraction of sp³-hybridized carbons (Fsp3) is 0. The summed E-state index contributed by atoms with van der Waals surface area (Å²) in [6.07, 6.45) is 0. The van der Waals surface area contributed by atoms with Crippen molar-refractivity contribution in [2.24, 2.45) is 0 Å². The third kappa shape index (κ3) is 2.54. The summed E-state index contributed by atoms with van der Waals surface area (Å²) in [5.74, 6) is -0.0613. The topological polar surface area (TPSA) is 75.4 Å². The molecule has 0 saturated heterocycles. The third-order valence-electron chi connectivity index (χ3n) is 3.00. The Morgan fingerprint density at radius 2 is 1.52 bits per heavy atom. The Kier molecular flexibility index (Phi) is 3.49. The Hall–Kier alpha value is -2.92. The highest BCUT2D eigenvalue weighted by atomic mass is 16.5. The van der Waals surface area contributed by atoms with Crippen molar-refractivity contribution >= 4 is 5.91 Å². The van der Waals surface area contributed by atoms with Gasteiger partial charge in [-0.05, 0) is 12.1 Å². The summed E-state index contributed by atoms with van der Waals surface area (Å²) >= 11 is 0. The number of amides is 1. The Morgan fingerprint density at radius 1 is 0.952 bits per heavy atom. The van der Waals surface area contributed by atoms with E-state index >= 15 is 0 Å². The molecule has 5 heteroatoms. The van der Waals surface area contributed by atoms with Crippen LogP contribution >= 0.6 is 0 Å². The SMILES string of the molecule is O=C(NO)c1nc(-c2ccccc2)oc1-c1ccccc1. The number of rotatable bonds is 3. The average Bonchev–Trinajstić information content (AvgIpc) is 3.01. The molecule has 104 valence electrons. The number of hydroxylamine groups is 1. The van der Waals surface area contributed by atoms with Crippen LogP contribution in [0.5, 0.6) is 0 Å². The van der Waals surface area contributed by atoms with Gasteiger partial charge in [-0.25, -0.2) is 10.5 Å². The van der Waals surface area contributed by atoms with Crippen LogP contribution in [0.25, 0.3) is 22.8 Å². The smallest absolute Gasteiger partial charge is 0.297 e. The van der Waals surface area contributed by atoms with Gasteiger partial charge in [0.25, 0.3) is 5.91 Å². The van der Waals surface area contributed by atoms with E-state index in [1.165, 1.54) is 0 Å². The second kappa shape index (κ2) is 5.60. The van der Waals surface area contributed by atoms with Gasteiger partial charge in [-0.3, -0.25) is 10.0 Å². The molecule has 3 aromatic rings. The van der Waals surface area contributed by atoms with E-state index in [0.29, 0.717) is 17.2 Å². The number of nitrogens with zero attached hydrogens (tertiary/aromatic N) is 1. The number of aromatic nitrogens is 1. The molecule has 1 amide bonds. The number of benzene rings is 2. The number of hydrogen-bond acceptors (Lipinski definition) is 4. The molecule has 0 bridgehead atoms. The van der Waals surface area contributed by atoms with E-state index in [1.54, 1.807) is 5.48 Å². The largest absolute Gasteiger partial charge is 0.435 e. The van der Waals surface area contributed by atoms with E-state index in [4.69, 9.17) is 9.62 Å². The molecular weight excluding hydrogens is 268 g/mol. The van der Waals surface area contributed by atoms with Crippen molar-refractivity contribution in [1.82, 2.24) is 10.5 Å². The molecule has 0 aliphatic rings. The minimum atomic E-state index is -0.709. The van der Waals surface area contributed by atoms with Gasteiger partial charge in [0, 0.05) is 11.1 Å². The van der Waals surface area contributed by atoms with Crippen LogP contribution in [0, 0.1) is 0 Å². The lowest BCUT2D eigenvalue weighted by molar-refractivity contribution is 0.0701. The molecular formula is C16H12N2O3. The third-order valence-corrected chi connectivity index (χ3v) is 3.00. The van der Waals surface area contributed by atoms with E-state index in [2.05, 4.69) is 4.98 Å². The molecule has 1 aromatic heterocycles. The molecule has 0 radical (unpaired) electrons. The van der Waals surface area contributed by atoms with Crippen molar-refractivity contribution < 1.29 is 14.4 Å². The molecule has 2 N–H and O–H groups in total. The first kappa shape index (κ1) is 13.1. The molecule has 0 saturated carbocycles. The lowest BCUT2D eigenvalue weighted by Crippen LogP contribution is -2.19. The van der Waals surface area contributed by atoms with Crippen LogP contribution in [0.3, 0.4) is 0 Å². The van der Waals surface area contributed by atoms with Crippen molar-refractivity contribution in [2.75, 3.05) is 0 Å². The lowest BCUT2D eigenvalue weighted by atomic mass is 10.1. The van der Waals surface area contributed by atoms with Crippen molar-refractivity contribution in [2.45, 2.75) is 0 Å². The van der Waals surface area contributed by atoms with Crippen LogP contribution in [0.1, 0.15) is 10.5 Å². The summed E-state index contributed by atoms with van der Waals surface area (Å²) in [4.78, 5) is 16.0. The number of hydrogen-bond donors (Lipinski definition) is 2. The Labute approximate surface area is 120 Å². The van der Waals surface area contributed by atoms with Crippen LogP contribution in [0.4, 0.5) is 0 Å². The maximum Gasteiger partial charge on any atom is 0.297 e. The van der Waals surface area contributed by atoms with Crippen molar-refractivity contribution in [3.8, 4) is 22.8 Å². The van der Waals surface area contributed by atoms with E-state index in [-0.39, 0.29) is 5.69 Å². The Bertz CT molecular complexity index is 752. The molecule has 0 unspecified atom stereocenters. The van der Waals surface area contributed by atoms with Crippen LogP contribution in [0.2, 0.25) is 0 Å². The van der Waals surface area contributed by atoms with Crippen molar-refractivity contribution in [1.29, 1.82) is 0 Å². The summed E-state index contributed by atoms with van der Waals surface area (Å²) in [5.41, 5.74) is 3.11. The van der Waals surface area contributed by atoms with Crippen molar-refractivity contribution in [3.63, 3.8) is 0 Å². The van der Waals surface area contributed by atoms with Crippen LogP contribution in [-0.4, -0.2) is 16.1 Å². The molecule has 0 spiro atoms. The molecule has 2 aromatic carbocycles. The first-order valence-electron chi connectivity index (χ1n) is 6.35. The summed E-state index contributed by atoms with van der Waals surface area (Å²) in [7, 11) is 0. The van der Waals surface area contributed by atoms with Gasteiger partial charge in [0.2, 0.25) is 5.89 Å². The average molecular weight is 280 g/mol. The number of carbonyl (C=O) groups excluding carboxylic acids is 1. The highest BCUT2D eigenvalue weighted by Crippen LogP contribution is 2.29. The van der Waals surface area contributed by atoms with Crippen LogP contribution < -0.4 is 5.48 Å². The van der Waals surface area contributed by atoms with Gasteiger partial charge >= 0.3 is 0 Å². The Morgan fingerprint density at radius 3 is 2.10 bits per heavy atom. The fourth-order valence-electron chi connectivity index (χ4n) is 2.02. The number of carbonyl (C=O) groups is 1. The molecule has 5 nitrogen and oxygen atoms in total. The number of nitrogens with one attached hydrogen (secondary N) is 1. The molecule has 0 aliphatic heterocycles. The second-order valence-electron chi connectivity index (χ2n) is 4.37. The molecule has 3 rings (SSSR count). The van der Waals surface area contributed by atoms with E-state index < -0.39 is 5.91 Å². The zero-order chi connectivity index (χ0) is 14.7. The fourth-order valence-corrected chi connectivity index (χ4v) is 2.02. The maximum atomic E-state index is 11.8. The first-order chi connectivity index (χ1) is 10.3. The minimum Gasteiger partial charge on any atom is -0.435 e. The van der Waals surface area contributed by atoms with Gasteiger partial charge < -0.3 is 4.42 Å². The first-order valence-corrected chi connectivity index (χ1v) is 6.35. The summed E-state index contributed by atoms with van der Waals surface area (Å²) in [6, 6.07) is 18.4. The lowest BCUT2D eigenvalue weighted by Gasteiger charge is -1.98. The molecule has 21 heavy (non-hydrogen) atoms. The summed E-state index contributed by atoms with van der Waals surface area (Å²) in [5, 5.41) is 8.86. The van der Waals surface area contributed by atoms with Gasteiger partial charge in [0.1, 0.15) is 0 Å². The number of oxazole rings is 1. The monoisotopic (exact) mass is 280 g/mol. The minimum absolute atomic E-state index is 0.0440. The second-order valence-corrected chi connectivity index (χ2v) is 4.37. The van der Waals surface area contributed by atoms with Crippen LogP contribution in [-0.2, 0) is 0 Å². The van der Waals surface area contributed by atoms with Gasteiger partial charge in [-0.1, -0.05) is 48.5 Å². The van der Waals surface area contributed by atoms with Gasteiger partial charge in [0.15, 0.2) is 11.5 Å². The molecule has 0 aliphatic carbocycles. The predicted molar refractivity (Wildman–Crippen MR) is 76.6 cm³/mol. The standard InChI is InChI=1S/C16H12N2O3/c19-15(18-20)13-14(11-7-3-1-4-8-11)21-16(17-13)12-9-5-2-6-10-12/h1-10,20H,(H,18,19). The van der Waals surface area contributed by atoms with E-state index in [0.717, 1.165) is 5.56 Å². The quantitative estimate of drug-likeness (QED) is 0.571. The molecule has 0 atom stereocenters. The normalized spacial score (nSPS) is 10.3. The predicted octanol–water partition coefficient (Wildman–Crippen LogP) is 3.13. The van der Waals surface area contributed by atoms with Crippen LogP contribution in [0.15, 0.2) is 65.1 Å². The maximum absolute atomic E-state index is 11.8. The summed E-state index contributed by atoms with van der Waals surface area (Å²) in [6.45, 7) is 0. The van der Waals surface area contributed by atoms with Crippen molar-refractivity contribution in [3.05, 3.63) is 66.4 Å².